The highest BCUT2D eigenvalue weighted by Gasteiger charge is 2.31. The van der Waals surface area contributed by atoms with Gasteiger partial charge < -0.3 is 15.2 Å². The number of carboxylic acid groups (broad SMARTS) is 1. The van der Waals surface area contributed by atoms with Gasteiger partial charge in [0.15, 0.2) is 4.96 Å². The number of methoxy groups -OCH3 is 1. The Balaban J connectivity index is 1.22. The number of nitrogens with zero attached hydrogens (tertiary/aromatic N) is 5. The van der Waals surface area contributed by atoms with Gasteiger partial charge in [0.05, 0.1) is 23.4 Å². The lowest BCUT2D eigenvalue weighted by atomic mass is 10.1. The molecular weight excluding hydrogens is 589 g/mol. The zero-order chi connectivity index (χ0) is 30.0. The standard InChI is InChI=1S/C30H30N6O5S2/c1-41-23-6-2-4-21(18-23)27-28(36-16-17-42-30(36)34-27)25-13-14-31-29(33-25)32-22-5-3-15-35(19-22)43(39,40)24-10-7-20(8-11-24)9-12-26(37)38/h2,4,6-8,10-11,13-14,16-18,22H,3,5,9,12,15,19H2,1H3,(H,37,38)(H,31,32,33)/t22-/m1/s1. The van der Waals surface area contributed by atoms with Crippen LogP contribution in [-0.4, -0.2) is 69.4 Å². The van der Waals surface area contributed by atoms with Crippen LogP contribution < -0.4 is 10.1 Å². The first kappa shape index (κ1) is 28.8. The van der Waals surface area contributed by atoms with Crippen LogP contribution in [0, 0.1) is 0 Å². The largest absolute Gasteiger partial charge is 0.497 e. The Morgan fingerprint density at radius 3 is 2.79 bits per heavy atom. The molecule has 1 fully saturated rings. The number of aryl methyl sites for hydroxylation is 1. The van der Waals surface area contributed by atoms with Crippen molar-refractivity contribution in [2.75, 3.05) is 25.5 Å². The summed E-state index contributed by atoms with van der Waals surface area (Å²) in [6, 6.07) is 15.8. The van der Waals surface area contributed by atoms with Gasteiger partial charge in [-0.3, -0.25) is 9.20 Å². The highest BCUT2D eigenvalue weighted by molar-refractivity contribution is 7.89. The zero-order valence-electron chi connectivity index (χ0n) is 23.4. The summed E-state index contributed by atoms with van der Waals surface area (Å²) in [7, 11) is -2.09. The first-order chi connectivity index (χ1) is 20.8. The van der Waals surface area contributed by atoms with E-state index in [1.807, 2.05) is 46.3 Å². The maximum atomic E-state index is 13.4. The molecule has 0 bridgehead atoms. The number of imidazole rings is 1. The Morgan fingerprint density at radius 1 is 1.16 bits per heavy atom. The van der Waals surface area contributed by atoms with E-state index in [0.29, 0.717) is 31.0 Å². The number of aliphatic carboxylic acids is 1. The van der Waals surface area contributed by atoms with Gasteiger partial charge in [0, 0.05) is 48.9 Å². The molecule has 1 saturated heterocycles. The fraction of sp³-hybridized carbons (Fsp3) is 0.267. The summed E-state index contributed by atoms with van der Waals surface area (Å²) in [4.78, 5) is 26.0. The number of thiazole rings is 1. The molecule has 4 heterocycles. The fourth-order valence-corrected chi connectivity index (χ4v) is 7.49. The molecule has 0 spiro atoms. The molecule has 0 saturated carbocycles. The normalized spacial score (nSPS) is 15.9. The smallest absolute Gasteiger partial charge is 0.303 e. The van der Waals surface area contributed by atoms with Crippen molar-refractivity contribution in [2.45, 2.75) is 36.6 Å². The van der Waals surface area contributed by atoms with Crippen molar-refractivity contribution < 1.29 is 23.1 Å². The number of carboxylic acids is 1. The van der Waals surface area contributed by atoms with Crippen LogP contribution in [0.1, 0.15) is 24.8 Å². The average molecular weight is 619 g/mol. The Labute approximate surface area is 252 Å². The third-order valence-electron chi connectivity index (χ3n) is 7.41. The molecule has 1 aliphatic rings. The van der Waals surface area contributed by atoms with Crippen LogP contribution in [0.15, 0.2) is 77.3 Å². The van der Waals surface area contributed by atoms with Crippen molar-refractivity contribution in [1.29, 1.82) is 0 Å². The lowest BCUT2D eigenvalue weighted by Gasteiger charge is -2.32. The van der Waals surface area contributed by atoms with Crippen LogP contribution in [0.5, 0.6) is 5.75 Å². The number of hydrogen-bond donors (Lipinski definition) is 2. The maximum Gasteiger partial charge on any atom is 0.303 e. The number of ether oxygens (including phenoxy) is 1. The predicted octanol–water partition coefficient (Wildman–Crippen LogP) is 4.81. The Kier molecular flexibility index (Phi) is 8.10. The molecule has 0 aliphatic carbocycles. The van der Waals surface area contributed by atoms with E-state index in [1.165, 1.54) is 15.6 Å². The molecule has 3 aromatic heterocycles. The number of nitrogens with one attached hydrogen (secondary N) is 1. The minimum atomic E-state index is -3.72. The van der Waals surface area contributed by atoms with E-state index in [-0.39, 0.29) is 23.9 Å². The molecule has 0 radical (unpaired) electrons. The second-order valence-electron chi connectivity index (χ2n) is 10.2. The predicted molar refractivity (Wildman–Crippen MR) is 164 cm³/mol. The third-order valence-corrected chi connectivity index (χ3v) is 10.0. The van der Waals surface area contributed by atoms with E-state index in [1.54, 1.807) is 37.6 Å². The molecule has 13 heteroatoms. The molecule has 0 amide bonds. The van der Waals surface area contributed by atoms with Crippen LogP contribution in [0.3, 0.4) is 0 Å². The van der Waals surface area contributed by atoms with Gasteiger partial charge in [0.25, 0.3) is 0 Å². The second-order valence-corrected chi connectivity index (χ2v) is 13.1. The summed E-state index contributed by atoms with van der Waals surface area (Å²) in [5, 5.41) is 14.2. The first-order valence-electron chi connectivity index (χ1n) is 13.8. The number of anilines is 1. The van der Waals surface area contributed by atoms with E-state index in [4.69, 9.17) is 19.8 Å². The van der Waals surface area contributed by atoms with Crippen molar-refractivity contribution in [3.8, 4) is 28.4 Å². The molecule has 1 atom stereocenters. The van der Waals surface area contributed by atoms with Gasteiger partial charge in [-0.1, -0.05) is 24.3 Å². The summed E-state index contributed by atoms with van der Waals surface area (Å²) in [6.07, 6.45) is 5.45. The molecule has 222 valence electrons. The summed E-state index contributed by atoms with van der Waals surface area (Å²) >= 11 is 1.53. The number of carbonyl (C=O) groups is 1. The monoisotopic (exact) mass is 618 g/mol. The van der Waals surface area contributed by atoms with E-state index >= 15 is 0 Å². The highest BCUT2D eigenvalue weighted by Crippen LogP contribution is 2.35. The number of sulfonamides is 1. The van der Waals surface area contributed by atoms with E-state index in [0.717, 1.165) is 39.6 Å². The molecule has 11 nitrogen and oxygen atoms in total. The maximum absolute atomic E-state index is 13.4. The van der Waals surface area contributed by atoms with Gasteiger partial charge in [-0.05, 0) is 55.2 Å². The Morgan fingerprint density at radius 2 is 2.00 bits per heavy atom. The molecule has 1 aliphatic heterocycles. The number of rotatable bonds is 10. The molecule has 2 aromatic carbocycles. The van der Waals surface area contributed by atoms with Gasteiger partial charge in [0.1, 0.15) is 11.4 Å². The van der Waals surface area contributed by atoms with Gasteiger partial charge in [-0.2, -0.15) is 4.31 Å². The summed E-state index contributed by atoms with van der Waals surface area (Å²) in [5.74, 6) is 0.252. The highest BCUT2D eigenvalue weighted by atomic mass is 32.2. The Hall–Kier alpha value is -4.33. The summed E-state index contributed by atoms with van der Waals surface area (Å²) < 4.78 is 35.8. The first-order valence-corrected chi connectivity index (χ1v) is 16.1. The van der Waals surface area contributed by atoms with Crippen molar-refractivity contribution in [3.63, 3.8) is 0 Å². The van der Waals surface area contributed by atoms with Gasteiger partial charge in [-0.15, -0.1) is 11.3 Å². The second kappa shape index (κ2) is 12.1. The molecule has 2 N–H and O–H groups in total. The lowest BCUT2D eigenvalue weighted by Crippen LogP contribution is -2.45. The quantitative estimate of drug-likeness (QED) is 0.226. The minimum absolute atomic E-state index is 0.00365. The van der Waals surface area contributed by atoms with Crippen molar-refractivity contribution in [2.24, 2.45) is 0 Å². The van der Waals surface area contributed by atoms with Gasteiger partial charge >= 0.3 is 5.97 Å². The van der Waals surface area contributed by atoms with Crippen molar-refractivity contribution >= 4 is 38.2 Å². The van der Waals surface area contributed by atoms with Crippen molar-refractivity contribution in [3.05, 3.63) is 77.9 Å². The summed E-state index contributed by atoms with van der Waals surface area (Å²) in [5.41, 5.74) is 3.98. The van der Waals surface area contributed by atoms with Crippen LogP contribution in [0.25, 0.3) is 27.6 Å². The van der Waals surface area contributed by atoms with Gasteiger partial charge in [0.2, 0.25) is 16.0 Å². The van der Waals surface area contributed by atoms with Gasteiger partial charge in [-0.25, -0.2) is 23.4 Å². The SMILES string of the molecule is COc1cccc(-c2nc3sccn3c2-c2ccnc(N[C@@H]3CCCN(S(=O)(=O)c4ccc(CCC(=O)O)cc4)C3)n2)c1. The molecule has 0 unspecified atom stereocenters. The minimum Gasteiger partial charge on any atom is -0.497 e. The zero-order valence-corrected chi connectivity index (χ0v) is 25.0. The fourth-order valence-electron chi connectivity index (χ4n) is 5.25. The van der Waals surface area contributed by atoms with Crippen molar-refractivity contribution in [1.82, 2.24) is 23.7 Å². The molecular formula is C30H30N6O5S2. The van der Waals surface area contributed by atoms with E-state index in [2.05, 4.69) is 10.3 Å². The Bertz CT molecular complexity index is 1870. The number of hydrogen-bond acceptors (Lipinski definition) is 9. The van der Waals surface area contributed by atoms with E-state index in [9.17, 15) is 13.2 Å². The molecule has 6 rings (SSSR count). The molecule has 5 aromatic rings. The number of aromatic nitrogens is 4. The lowest BCUT2D eigenvalue weighted by molar-refractivity contribution is -0.136. The number of piperidine rings is 1. The van der Waals surface area contributed by atoms with Crippen LogP contribution in [-0.2, 0) is 21.2 Å². The topological polar surface area (TPSA) is 139 Å². The average Bonchev–Trinajstić information content (AvgIpc) is 3.62. The van der Waals surface area contributed by atoms with Crippen LogP contribution in [0.4, 0.5) is 5.95 Å². The van der Waals surface area contributed by atoms with Crippen LogP contribution in [0.2, 0.25) is 0 Å². The molecule has 43 heavy (non-hydrogen) atoms. The van der Waals surface area contributed by atoms with E-state index < -0.39 is 16.0 Å². The number of fused-ring (bicyclic) bond motifs is 1. The third kappa shape index (κ3) is 6.10. The van der Waals surface area contributed by atoms with Crippen LogP contribution >= 0.6 is 11.3 Å². The number of benzene rings is 2. The summed E-state index contributed by atoms with van der Waals surface area (Å²) in [6.45, 7) is 0.686.